The summed E-state index contributed by atoms with van der Waals surface area (Å²) in [7, 11) is 0. The summed E-state index contributed by atoms with van der Waals surface area (Å²) in [6.07, 6.45) is 3.48. The summed E-state index contributed by atoms with van der Waals surface area (Å²) in [5, 5.41) is 1.72. The Morgan fingerprint density at radius 2 is 2.08 bits per heavy atom. The van der Waals surface area contributed by atoms with Crippen LogP contribution in [0.25, 0.3) is 10.2 Å². The number of nitrogens with zero attached hydrogens (tertiary/aromatic N) is 2. The zero-order valence-corrected chi connectivity index (χ0v) is 17.2. The molecule has 124 valence electrons. The molecule has 1 aliphatic carbocycles. The van der Waals surface area contributed by atoms with Crippen LogP contribution >= 0.6 is 50.6 Å². The van der Waals surface area contributed by atoms with E-state index in [1.165, 1.54) is 21.8 Å². The molecular formula is C18H16BrClN2S2. The fourth-order valence-corrected chi connectivity index (χ4v) is 5.86. The van der Waals surface area contributed by atoms with Gasteiger partial charge in [-0.1, -0.05) is 34.5 Å². The summed E-state index contributed by atoms with van der Waals surface area (Å²) in [5.41, 5.74) is 1.39. The van der Waals surface area contributed by atoms with E-state index in [0.29, 0.717) is 5.15 Å². The number of thiophene rings is 1. The summed E-state index contributed by atoms with van der Waals surface area (Å²) < 4.78 is 1.09. The van der Waals surface area contributed by atoms with Crippen molar-refractivity contribution in [3.05, 3.63) is 50.2 Å². The lowest BCUT2D eigenvalue weighted by Crippen LogP contribution is -2.08. The number of rotatable bonds is 3. The van der Waals surface area contributed by atoms with E-state index in [0.717, 1.165) is 45.0 Å². The van der Waals surface area contributed by atoms with Gasteiger partial charge in [0.1, 0.15) is 15.8 Å². The SMILES string of the molecule is C[C@H]1CCc2c(sc3nc(CSc4ccc(Br)cc4)nc(Cl)c23)C1. The largest absolute Gasteiger partial charge is 0.221 e. The minimum Gasteiger partial charge on any atom is -0.221 e. The summed E-state index contributed by atoms with van der Waals surface area (Å²) in [4.78, 5) is 13.1. The maximum absolute atomic E-state index is 6.52. The molecule has 2 nitrogen and oxygen atoms in total. The highest BCUT2D eigenvalue weighted by molar-refractivity contribution is 9.10. The molecule has 0 radical (unpaired) electrons. The zero-order chi connectivity index (χ0) is 16.7. The van der Waals surface area contributed by atoms with Crippen molar-refractivity contribution in [2.75, 3.05) is 0 Å². The van der Waals surface area contributed by atoms with Crippen LogP contribution in [0.1, 0.15) is 29.6 Å². The van der Waals surface area contributed by atoms with Crippen LogP contribution in [0.15, 0.2) is 33.6 Å². The molecule has 0 saturated carbocycles. The number of fused-ring (bicyclic) bond motifs is 3. The second kappa shape index (κ2) is 6.94. The normalized spacial score (nSPS) is 17.2. The fourth-order valence-electron chi connectivity index (χ4n) is 3.08. The molecular weight excluding hydrogens is 424 g/mol. The minimum absolute atomic E-state index is 0.624. The fraction of sp³-hybridized carbons (Fsp3) is 0.333. The Labute approximate surface area is 163 Å². The van der Waals surface area contributed by atoms with Gasteiger partial charge in [-0.2, -0.15) is 0 Å². The van der Waals surface area contributed by atoms with E-state index in [-0.39, 0.29) is 0 Å². The number of hydrogen-bond acceptors (Lipinski definition) is 4. The van der Waals surface area contributed by atoms with Crippen molar-refractivity contribution in [3.63, 3.8) is 0 Å². The van der Waals surface area contributed by atoms with E-state index in [9.17, 15) is 0 Å². The lowest BCUT2D eigenvalue weighted by molar-refractivity contribution is 0.509. The number of hydrogen-bond donors (Lipinski definition) is 0. The van der Waals surface area contributed by atoms with Crippen LogP contribution in [0.5, 0.6) is 0 Å². The van der Waals surface area contributed by atoms with Crippen molar-refractivity contribution in [1.29, 1.82) is 0 Å². The monoisotopic (exact) mass is 438 g/mol. The van der Waals surface area contributed by atoms with Gasteiger partial charge in [-0.25, -0.2) is 9.97 Å². The molecule has 0 bridgehead atoms. The minimum atomic E-state index is 0.624. The molecule has 1 atom stereocenters. The van der Waals surface area contributed by atoms with E-state index in [2.05, 4.69) is 40.0 Å². The standard InChI is InChI=1S/C18H16BrClN2S2/c1-10-2-7-13-14(8-10)24-18-16(13)17(20)21-15(22-18)9-23-12-5-3-11(19)4-6-12/h3-6,10H,2,7-9H2,1H3/t10-/m0/s1. The van der Waals surface area contributed by atoms with Gasteiger partial charge < -0.3 is 0 Å². The van der Waals surface area contributed by atoms with E-state index in [4.69, 9.17) is 16.6 Å². The van der Waals surface area contributed by atoms with Gasteiger partial charge in [0, 0.05) is 14.2 Å². The highest BCUT2D eigenvalue weighted by atomic mass is 79.9. The molecule has 0 aliphatic heterocycles. The first-order chi connectivity index (χ1) is 11.6. The van der Waals surface area contributed by atoms with Crippen molar-refractivity contribution in [1.82, 2.24) is 9.97 Å². The second-order valence-corrected chi connectivity index (χ2v) is 9.61. The molecule has 24 heavy (non-hydrogen) atoms. The Hall–Kier alpha value is -0.620. The first-order valence-corrected chi connectivity index (χ1v) is 10.9. The number of benzene rings is 1. The van der Waals surface area contributed by atoms with Gasteiger partial charge in [0.15, 0.2) is 0 Å². The molecule has 6 heteroatoms. The Balaban J connectivity index is 1.62. The smallest absolute Gasteiger partial charge is 0.142 e. The third kappa shape index (κ3) is 3.36. The lowest BCUT2D eigenvalue weighted by Gasteiger charge is -2.17. The third-order valence-electron chi connectivity index (χ3n) is 4.34. The van der Waals surface area contributed by atoms with Gasteiger partial charge >= 0.3 is 0 Å². The molecule has 0 spiro atoms. The average molecular weight is 440 g/mol. The van der Waals surface area contributed by atoms with Crippen molar-refractivity contribution < 1.29 is 0 Å². The molecule has 2 aromatic heterocycles. The zero-order valence-electron chi connectivity index (χ0n) is 13.2. The Morgan fingerprint density at radius 3 is 2.88 bits per heavy atom. The van der Waals surface area contributed by atoms with E-state index < -0.39 is 0 Å². The van der Waals surface area contributed by atoms with Crippen molar-refractivity contribution in [2.45, 2.75) is 36.8 Å². The van der Waals surface area contributed by atoms with E-state index >= 15 is 0 Å². The molecule has 0 unspecified atom stereocenters. The Kier molecular flexibility index (Phi) is 4.87. The quantitative estimate of drug-likeness (QED) is 0.343. The third-order valence-corrected chi connectivity index (χ3v) is 7.30. The second-order valence-electron chi connectivity index (χ2n) is 6.21. The van der Waals surface area contributed by atoms with Gasteiger partial charge in [-0.3, -0.25) is 0 Å². The molecule has 0 fully saturated rings. The molecule has 4 rings (SSSR count). The van der Waals surface area contributed by atoms with Crippen LogP contribution in [-0.2, 0) is 18.6 Å². The van der Waals surface area contributed by atoms with Crippen molar-refractivity contribution in [3.8, 4) is 0 Å². The molecule has 1 aliphatic rings. The van der Waals surface area contributed by atoms with Crippen molar-refractivity contribution in [2.24, 2.45) is 5.92 Å². The predicted molar refractivity (Wildman–Crippen MR) is 107 cm³/mol. The predicted octanol–water partition coefficient (Wildman–Crippen LogP) is 6.52. The van der Waals surface area contributed by atoms with E-state index in [1.54, 1.807) is 23.1 Å². The summed E-state index contributed by atoms with van der Waals surface area (Å²) in [6.45, 7) is 2.32. The molecule has 0 saturated heterocycles. The first kappa shape index (κ1) is 16.8. The van der Waals surface area contributed by atoms with Crippen molar-refractivity contribution >= 4 is 60.8 Å². The maximum atomic E-state index is 6.52. The summed E-state index contributed by atoms with van der Waals surface area (Å²) in [6, 6.07) is 8.29. The van der Waals surface area contributed by atoms with Crippen LogP contribution in [-0.4, -0.2) is 9.97 Å². The topological polar surface area (TPSA) is 25.8 Å². The summed E-state index contributed by atoms with van der Waals surface area (Å²) in [5.74, 6) is 2.30. The number of aryl methyl sites for hydroxylation is 1. The van der Waals surface area contributed by atoms with Gasteiger partial charge in [0.25, 0.3) is 0 Å². The van der Waals surface area contributed by atoms with E-state index in [1.807, 2.05) is 12.1 Å². The molecule has 1 aromatic carbocycles. The Morgan fingerprint density at radius 1 is 1.29 bits per heavy atom. The highest BCUT2D eigenvalue weighted by Crippen LogP contribution is 2.40. The molecule has 0 N–H and O–H groups in total. The van der Waals surface area contributed by atoms with Crippen LogP contribution in [0.3, 0.4) is 0 Å². The maximum Gasteiger partial charge on any atom is 0.142 e. The highest BCUT2D eigenvalue weighted by Gasteiger charge is 2.23. The Bertz CT molecular complexity index is 892. The van der Waals surface area contributed by atoms with Gasteiger partial charge in [0.05, 0.1) is 11.1 Å². The first-order valence-electron chi connectivity index (χ1n) is 7.95. The van der Waals surface area contributed by atoms with Crippen LogP contribution < -0.4 is 0 Å². The number of thioether (sulfide) groups is 1. The van der Waals surface area contributed by atoms with Gasteiger partial charge in [-0.05, 0) is 55.0 Å². The van der Waals surface area contributed by atoms with Crippen LogP contribution in [0.4, 0.5) is 0 Å². The number of halogens is 2. The lowest BCUT2D eigenvalue weighted by atomic mass is 9.89. The molecule has 2 heterocycles. The van der Waals surface area contributed by atoms with Gasteiger partial charge in [0.2, 0.25) is 0 Å². The average Bonchev–Trinajstić information content (AvgIpc) is 2.92. The molecule has 3 aromatic rings. The number of aromatic nitrogens is 2. The van der Waals surface area contributed by atoms with Crippen LogP contribution in [0.2, 0.25) is 5.15 Å². The summed E-state index contributed by atoms with van der Waals surface area (Å²) >= 11 is 13.5. The van der Waals surface area contributed by atoms with Gasteiger partial charge in [-0.15, -0.1) is 23.1 Å². The molecule has 0 amide bonds. The van der Waals surface area contributed by atoms with Crippen LogP contribution in [0, 0.1) is 5.92 Å².